The van der Waals surface area contributed by atoms with Crippen LogP contribution in [0.2, 0.25) is 0 Å². The zero-order valence-corrected chi connectivity index (χ0v) is 14.5. The Morgan fingerprint density at radius 2 is 2.08 bits per heavy atom. The number of aliphatic hydroxyl groups excluding tert-OH is 1. The summed E-state index contributed by atoms with van der Waals surface area (Å²) in [6.45, 7) is 4.27. The molecular weight excluding hydrogens is 308 g/mol. The van der Waals surface area contributed by atoms with Crippen molar-refractivity contribution in [2.45, 2.75) is 32.7 Å². The van der Waals surface area contributed by atoms with E-state index in [1.807, 2.05) is 26.0 Å². The molecule has 1 heterocycles. The standard InChI is InChI=1S/C18H26N2O4/c1-4-12(2)16(11-21)19-18(23)13-9-17(22)20(10-13)14-5-7-15(24-3)8-6-14/h5-8,12-13,16,21H,4,9-11H2,1-3H3,(H,19,23)/t12-,13-,16+/m0/s1. The van der Waals surface area contributed by atoms with Crippen LogP contribution in [0.25, 0.3) is 0 Å². The molecule has 24 heavy (non-hydrogen) atoms. The summed E-state index contributed by atoms with van der Waals surface area (Å²) in [5, 5.41) is 12.3. The van der Waals surface area contributed by atoms with Gasteiger partial charge in [0.25, 0.3) is 0 Å². The number of amides is 2. The smallest absolute Gasteiger partial charge is 0.227 e. The molecule has 0 aliphatic carbocycles. The minimum absolute atomic E-state index is 0.0654. The lowest BCUT2D eigenvalue weighted by atomic mass is 9.98. The Balaban J connectivity index is 2.01. The number of hydrogen-bond donors (Lipinski definition) is 2. The number of anilines is 1. The maximum absolute atomic E-state index is 12.4. The molecule has 0 saturated carbocycles. The van der Waals surface area contributed by atoms with Crippen molar-refractivity contribution >= 4 is 17.5 Å². The van der Waals surface area contributed by atoms with Gasteiger partial charge in [-0.15, -0.1) is 0 Å². The van der Waals surface area contributed by atoms with E-state index < -0.39 is 5.92 Å². The Morgan fingerprint density at radius 3 is 2.62 bits per heavy atom. The fourth-order valence-corrected chi connectivity index (χ4v) is 2.85. The van der Waals surface area contributed by atoms with E-state index in [1.54, 1.807) is 24.1 Å². The van der Waals surface area contributed by atoms with Crippen molar-refractivity contribution in [2.24, 2.45) is 11.8 Å². The summed E-state index contributed by atoms with van der Waals surface area (Å²) in [4.78, 5) is 26.3. The maximum Gasteiger partial charge on any atom is 0.227 e. The highest BCUT2D eigenvalue weighted by molar-refractivity contribution is 6.00. The second kappa shape index (κ2) is 8.15. The third kappa shape index (κ3) is 4.06. The predicted octanol–water partition coefficient (Wildman–Crippen LogP) is 1.57. The highest BCUT2D eigenvalue weighted by Gasteiger charge is 2.36. The van der Waals surface area contributed by atoms with E-state index in [1.165, 1.54) is 0 Å². The molecular formula is C18H26N2O4. The Morgan fingerprint density at radius 1 is 1.42 bits per heavy atom. The van der Waals surface area contributed by atoms with Gasteiger partial charge >= 0.3 is 0 Å². The van der Waals surface area contributed by atoms with Crippen molar-refractivity contribution in [3.63, 3.8) is 0 Å². The lowest BCUT2D eigenvalue weighted by Gasteiger charge is -2.24. The van der Waals surface area contributed by atoms with Crippen LogP contribution in [0.1, 0.15) is 26.7 Å². The third-order valence-corrected chi connectivity index (χ3v) is 4.74. The molecule has 132 valence electrons. The van der Waals surface area contributed by atoms with E-state index in [9.17, 15) is 14.7 Å². The normalized spacial score (nSPS) is 19.9. The molecule has 0 bridgehead atoms. The summed E-state index contributed by atoms with van der Waals surface area (Å²) in [6, 6.07) is 6.94. The van der Waals surface area contributed by atoms with Gasteiger partial charge in [-0.05, 0) is 30.2 Å². The molecule has 0 radical (unpaired) electrons. The summed E-state index contributed by atoms with van der Waals surface area (Å²) >= 11 is 0. The molecule has 0 unspecified atom stereocenters. The van der Waals surface area contributed by atoms with E-state index >= 15 is 0 Å². The number of ether oxygens (including phenoxy) is 1. The molecule has 1 aliphatic rings. The minimum Gasteiger partial charge on any atom is -0.497 e. The third-order valence-electron chi connectivity index (χ3n) is 4.74. The minimum atomic E-state index is -0.391. The van der Waals surface area contributed by atoms with Gasteiger partial charge in [0.2, 0.25) is 11.8 Å². The molecule has 1 aliphatic heterocycles. The highest BCUT2D eigenvalue weighted by Crippen LogP contribution is 2.27. The molecule has 1 aromatic carbocycles. The molecule has 2 rings (SSSR count). The summed E-state index contributed by atoms with van der Waals surface area (Å²) in [7, 11) is 1.59. The van der Waals surface area contributed by atoms with Crippen molar-refractivity contribution in [1.82, 2.24) is 5.32 Å². The molecule has 1 aromatic rings. The van der Waals surface area contributed by atoms with Crippen LogP contribution in [-0.2, 0) is 9.59 Å². The summed E-state index contributed by atoms with van der Waals surface area (Å²) < 4.78 is 5.12. The number of nitrogens with zero attached hydrogens (tertiary/aromatic N) is 1. The summed E-state index contributed by atoms with van der Waals surface area (Å²) in [5.41, 5.74) is 0.761. The van der Waals surface area contributed by atoms with Gasteiger partial charge in [-0.2, -0.15) is 0 Å². The average Bonchev–Trinajstić information content (AvgIpc) is 3.00. The number of nitrogens with one attached hydrogen (secondary N) is 1. The number of carbonyl (C=O) groups is 2. The van der Waals surface area contributed by atoms with Crippen molar-refractivity contribution in [1.29, 1.82) is 0 Å². The first-order valence-electron chi connectivity index (χ1n) is 8.35. The first-order valence-corrected chi connectivity index (χ1v) is 8.35. The molecule has 1 saturated heterocycles. The first kappa shape index (κ1) is 18.3. The van der Waals surface area contributed by atoms with E-state index in [0.29, 0.717) is 6.54 Å². The molecule has 0 spiro atoms. The zero-order valence-electron chi connectivity index (χ0n) is 14.5. The number of benzene rings is 1. The van der Waals surface area contributed by atoms with E-state index in [4.69, 9.17) is 4.74 Å². The van der Waals surface area contributed by atoms with Gasteiger partial charge in [0.1, 0.15) is 5.75 Å². The van der Waals surface area contributed by atoms with Gasteiger partial charge in [-0.25, -0.2) is 0 Å². The number of carbonyl (C=O) groups excluding carboxylic acids is 2. The van der Waals surface area contributed by atoms with Crippen LogP contribution < -0.4 is 15.0 Å². The topological polar surface area (TPSA) is 78.9 Å². The largest absolute Gasteiger partial charge is 0.497 e. The SMILES string of the molecule is CC[C@H](C)[C@@H](CO)NC(=O)[C@H]1CC(=O)N(c2ccc(OC)cc2)C1. The second-order valence-corrected chi connectivity index (χ2v) is 6.29. The van der Waals surface area contributed by atoms with Gasteiger partial charge in [0, 0.05) is 18.7 Å². The Hall–Kier alpha value is -2.08. The molecule has 2 N–H and O–H groups in total. The second-order valence-electron chi connectivity index (χ2n) is 6.29. The quantitative estimate of drug-likeness (QED) is 0.793. The average molecular weight is 334 g/mol. The van der Waals surface area contributed by atoms with Gasteiger partial charge in [-0.3, -0.25) is 9.59 Å². The Bertz CT molecular complexity index is 573. The van der Waals surface area contributed by atoms with Crippen molar-refractivity contribution in [3.8, 4) is 5.75 Å². The van der Waals surface area contributed by atoms with Crippen LogP contribution in [0.3, 0.4) is 0 Å². The van der Waals surface area contributed by atoms with Gasteiger partial charge in [-0.1, -0.05) is 20.3 Å². The highest BCUT2D eigenvalue weighted by atomic mass is 16.5. The number of hydrogen-bond acceptors (Lipinski definition) is 4. The fraction of sp³-hybridized carbons (Fsp3) is 0.556. The van der Waals surface area contributed by atoms with Crippen LogP contribution in [-0.4, -0.2) is 43.2 Å². The van der Waals surface area contributed by atoms with Crippen molar-refractivity contribution in [3.05, 3.63) is 24.3 Å². The molecule has 6 nitrogen and oxygen atoms in total. The molecule has 0 aromatic heterocycles. The van der Waals surface area contributed by atoms with E-state index in [0.717, 1.165) is 17.9 Å². The Kier molecular flexibility index (Phi) is 6.20. The lowest BCUT2D eigenvalue weighted by molar-refractivity contribution is -0.127. The Labute approximate surface area is 142 Å². The van der Waals surface area contributed by atoms with E-state index in [2.05, 4.69) is 5.32 Å². The van der Waals surface area contributed by atoms with Gasteiger partial charge < -0.3 is 20.1 Å². The van der Waals surface area contributed by atoms with Crippen LogP contribution >= 0.6 is 0 Å². The molecule has 1 fully saturated rings. The van der Waals surface area contributed by atoms with E-state index in [-0.39, 0.29) is 36.8 Å². The maximum atomic E-state index is 12.4. The summed E-state index contributed by atoms with van der Waals surface area (Å²) in [6.07, 6.45) is 1.06. The first-order chi connectivity index (χ1) is 11.5. The van der Waals surface area contributed by atoms with Crippen molar-refractivity contribution in [2.75, 3.05) is 25.2 Å². The molecule has 2 amide bonds. The fourth-order valence-electron chi connectivity index (χ4n) is 2.85. The predicted molar refractivity (Wildman–Crippen MR) is 91.9 cm³/mol. The molecule has 3 atom stereocenters. The number of aliphatic hydroxyl groups is 1. The lowest BCUT2D eigenvalue weighted by Crippen LogP contribution is -2.45. The monoisotopic (exact) mass is 334 g/mol. The van der Waals surface area contributed by atoms with Crippen LogP contribution in [0, 0.1) is 11.8 Å². The van der Waals surface area contributed by atoms with Crippen LogP contribution in [0.4, 0.5) is 5.69 Å². The number of methoxy groups -OCH3 is 1. The van der Waals surface area contributed by atoms with Gasteiger partial charge in [0.15, 0.2) is 0 Å². The number of rotatable bonds is 7. The van der Waals surface area contributed by atoms with Crippen molar-refractivity contribution < 1.29 is 19.4 Å². The zero-order chi connectivity index (χ0) is 17.7. The van der Waals surface area contributed by atoms with Crippen LogP contribution in [0.5, 0.6) is 5.75 Å². The molecule has 6 heteroatoms. The summed E-state index contributed by atoms with van der Waals surface area (Å²) in [5.74, 6) is 0.286. The van der Waals surface area contributed by atoms with Crippen LogP contribution in [0.15, 0.2) is 24.3 Å². The van der Waals surface area contributed by atoms with Gasteiger partial charge in [0.05, 0.1) is 25.7 Å².